The molecular weight excluding hydrogens is 252 g/mol. The van der Waals surface area contributed by atoms with E-state index in [9.17, 15) is 9.90 Å². The number of nitriles is 1. The highest BCUT2D eigenvalue weighted by Gasteiger charge is 2.43. The van der Waals surface area contributed by atoms with Gasteiger partial charge in [-0.3, -0.25) is 9.69 Å². The molecule has 4 heteroatoms. The molecule has 1 unspecified atom stereocenters. The summed E-state index contributed by atoms with van der Waals surface area (Å²) in [6.07, 6.45) is 1.39. The molecule has 0 radical (unpaired) electrons. The van der Waals surface area contributed by atoms with Crippen molar-refractivity contribution in [2.24, 2.45) is 5.41 Å². The van der Waals surface area contributed by atoms with Crippen molar-refractivity contribution in [3.63, 3.8) is 0 Å². The zero-order chi connectivity index (χ0) is 14.8. The van der Waals surface area contributed by atoms with E-state index in [1.807, 2.05) is 32.0 Å². The summed E-state index contributed by atoms with van der Waals surface area (Å²) in [5.74, 6) is -0.681. The van der Waals surface area contributed by atoms with E-state index in [1.54, 1.807) is 0 Å². The molecule has 1 aliphatic heterocycles. The first kappa shape index (κ1) is 14.5. The predicted octanol–water partition coefficient (Wildman–Crippen LogP) is 2.55. The minimum absolute atomic E-state index is 0.583. The average molecular weight is 272 g/mol. The lowest BCUT2D eigenvalue weighted by Gasteiger charge is -2.23. The molecule has 0 saturated carbocycles. The van der Waals surface area contributed by atoms with Gasteiger partial charge in [0.15, 0.2) is 0 Å². The summed E-state index contributed by atoms with van der Waals surface area (Å²) < 4.78 is 0. The second-order valence-electron chi connectivity index (χ2n) is 5.65. The summed E-state index contributed by atoms with van der Waals surface area (Å²) in [6.45, 7) is 6.13. The SMILES string of the molecule is CCC1(C(=O)O)CCN(Cc2ccc(C#N)cc2C)C1. The lowest BCUT2D eigenvalue weighted by Crippen LogP contribution is -2.34. The van der Waals surface area contributed by atoms with Crippen molar-refractivity contribution in [3.05, 3.63) is 34.9 Å². The number of carboxylic acids is 1. The Balaban J connectivity index is 2.09. The number of benzene rings is 1. The Hall–Kier alpha value is -1.86. The van der Waals surface area contributed by atoms with Crippen LogP contribution in [0.1, 0.15) is 36.5 Å². The Kier molecular flexibility index (Phi) is 4.10. The molecule has 0 aliphatic carbocycles. The number of likely N-dealkylation sites (tertiary alicyclic amines) is 1. The molecule has 1 aliphatic rings. The quantitative estimate of drug-likeness (QED) is 0.915. The molecule has 1 N–H and O–H groups in total. The number of carbonyl (C=O) groups is 1. The van der Waals surface area contributed by atoms with Crippen LogP contribution in [0.5, 0.6) is 0 Å². The normalized spacial score (nSPS) is 22.6. The highest BCUT2D eigenvalue weighted by molar-refractivity contribution is 5.75. The van der Waals surface area contributed by atoms with E-state index in [0.717, 1.165) is 18.7 Å². The fourth-order valence-electron chi connectivity index (χ4n) is 2.89. The van der Waals surface area contributed by atoms with E-state index < -0.39 is 11.4 Å². The maximum absolute atomic E-state index is 11.4. The van der Waals surface area contributed by atoms with Crippen LogP contribution >= 0.6 is 0 Å². The van der Waals surface area contributed by atoms with E-state index in [2.05, 4.69) is 11.0 Å². The third-order valence-corrected chi connectivity index (χ3v) is 4.43. The first-order valence-electron chi connectivity index (χ1n) is 6.96. The van der Waals surface area contributed by atoms with Gasteiger partial charge in [-0.1, -0.05) is 13.0 Å². The number of carboxylic acid groups (broad SMARTS) is 1. The van der Waals surface area contributed by atoms with Crippen LogP contribution in [0.25, 0.3) is 0 Å². The predicted molar refractivity (Wildman–Crippen MR) is 76.1 cm³/mol. The topological polar surface area (TPSA) is 64.3 Å². The Morgan fingerprint density at radius 3 is 2.80 bits per heavy atom. The molecule has 1 fully saturated rings. The summed E-state index contributed by atoms with van der Waals surface area (Å²) in [6, 6.07) is 7.81. The molecule has 4 nitrogen and oxygen atoms in total. The molecule has 0 spiro atoms. The van der Waals surface area contributed by atoms with Crippen LogP contribution in [0.3, 0.4) is 0 Å². The summed E-state index contributed by atoms with van der Waals surface area (Å²) in [4.78, 5) is 13.6. The smallest absolute Gasteiger partial charge is 0.310 e. The standard InChI is InChI=1S/C16H20N2O2/c1-3-16(15(19)20)6-7-18(11-16)10-14-5-4-13(9-17)8-12(14)2/h4-5,8H,3,6-7,10-11H2,1-2H3,(H,19,20). The maximum Gasteiger partial charge on any atom is 0.310 e. The zero-order valence-corrected chi connectivity index (χ0v) is 12.0. The van der Waals surface area contributed by atoms with Gasteiger partial charge in [0.1, 0.15) is 0 Å². The van der Waals surface area contributed by atoms with Crippen LogP contribution in [-0.2, 0) is 11.3 Å². The van der Waals surface area contributed by atoms with Gasteiger partial charge in [-0.2, -0.15) is 5.26 Å². The second-order valence-corrected chi connectivity index (χ2v) is 5.65. The minimum atomic E-state index is -0.681. The second kappa shape index (κ2) is 5.64. The number of aryl methyl sites for hydroxylation is 1. The van der Waals surface area contributed by atoms with Crippen molar-refractivity contribution in [1.82, 2.24) is 4.90 Å². The largest absolute Gasteiger partial charge is 0.481 e. The van der Waals surface area contributed by atoms with Gasteiger partial charge in [0.25, 0.3) is 0 Å². The van der Waals surface area contributed by atoms with E-state index in [-0.39, 0.29) is 0 Å². The Bertz CT molecular complexity index is 562. The van der Waals surface area contributed by atoms with Crippen molar-refractivity contribution < 1.29 is 9.90 Å². The van der Waals surface area contributed by atoms with Gasteiger partial charge in [0.2, 0.25) is 0 Å². The van der Waals surface area contributed by atoms with Gasteiger partial charge in [-0.05, 0) is 49.6 Å². The molecule has 1 aromatic carbocycles. The summed E-state index contributed by atoms with van der Waals surface area (Å²) in [7, 11) is 0. The van der Waals surface area contributed by atoms with E-state index in [0.29, 0.717) is 24.9 Å². The number of nitrogens with zero attached hydrogens (tertiary/aromatic N) is 2. The fourth-order valence-corrected chi connectivity index (χ4v) is 2.89. The molecule has 1 aromatic rings. The molecule has 0 aromatic heterocycles. The Labute approximate surface area is 119 Å². The molecule has 1 heterocycles. The monoisotopic (exact) mass is 272 g/mol. The van der Waals surface area contributed by atoms with Crippen LogP contribution < -0.4 is 0 Å². The third-order valence-electron chi connectivity index (χ3n) is 4.43. The van der Waals surface area contributed by atoms with Gasteiger partial charge in [0, 0.05) is 13.1 Å². The lowest BCUT2D eigenvalue weighted by atomic mass is 9.84. The van der Waals surface area contributed by atoms with Crippen LogP contribution in [0.2, 0.25) is 0 Å². The fraction of sp³-hybridized carbons (Fsp3) is 0.500. The van der Waals surface area contributed by atoms with Crippen LogP contribution in [0.4, 0.5) is 0 Å². The molecule has 106 valence electrons. The lowest BCUT2D eigenvalue weighted by molar-refractivity contribution is -0.148. The van der Waals surface area contributed by atoms with Crippen LogP contribution in [0.15, 0.2) is 18.2 Å². The van der Waals surface area contributed by atoms with Gasteiger partial charge in [-0.15, -0.1) is 0 Å². The van der Waals surface area contributed by atoms with Crippen molar-refractivity contribution in [3.8, 4) is 6.07 Å². The number of rotatable bonds is 4. The molecule has 0 bridgehead atoms. The van der Waals surface area contributed by atoms with Gasteiger partial charge < -0.3 is 5.11 Å². The number of hydrogen-bond donors (Lipinski definition) is 1. The van der Waals surface area contributed by atoms with Gasteiger partial charge in [-0.25, -0.2) is 0 Å². The first-order valence-corrected chi connectivity index (χ1v) is 6.96. The molecule has 20 heavy (non-hydrogen) atoms. The summed E-state index contributed by atoms with van der Waals surface area (Å²) in [5.41, 5.74) is 2.34. The first-order chi connectivity index (χ1) is 9.50. The average Bonchev–Trinajstić information content (AvgIpc) is 2.86. The number of aliphatic carboxylic acids is 1. The van der Waals surface area contributed by atoms with Crippen LogP contribution in [0, 0.1) is 23.7 Å². The van der Waals surface area contributed by atoms with E-state index >= 15 is 0 Å². The molecule has 0 amide bonds. The van der Waals surface area contributed by atoms with Gasteiger partial charge in [0.05, 0.1) is 17.0 Å². The zero-order valence-electron chi connectivity index (χ0n) is 12.0. The summed E-state index contributed by atoms with van der Waals surface area (Å²) >= 11 is 0. The number of hydrogen-bond acceptors (Lipinski definition) is 3. The van der Waals surface area contributed by atoms with Crippen molar-refractivity contribution in [2.75, 3.05) is 13.1 Å². The molecule has 1 atom stereocenters. The Morgan fingerprint density at radius 1 is 1.55 bits per heavy atom. The Morgan fingerprint density at radius 2 is 2.30 bits per heavy atom. The van der Waals surface area contributed by atoms with Crippen LogP contribution in [-0.4, -0.2) is 29.1 Å². The van der Waals surface area contributed by atoms with E-state index in [4.69, 9.17) is 5.26 Å². The van der Waals surface area contributed by atoms with E-state index in [1.165, 1.54) is 5.56 Å². The highest BCUT2D eigenvalue weighted by atomic mass is 16.4. The van der Waals surface area contributed by atoms with Crippen molar-refractivity contribution >= 4 is 5.97 Å². The molecule has 1 saturated heterocycles. The molecule has 2 rings (SSSR count). The minimum Gasteiger partial charge on any atom is -0.481 e. The highest BCUT2D eigenvalue weighted by Crippen LogP contribution is 2.35. The summed E-state index contributed by atoms with van der Waals surface area (Å²) in [5, 5.41) is 18.3. The van der Waals surface area contributed by atoms with Crippen molar-refractivity contribution in [2.45, 2.75) is 33.2 Å². The van der Waals surface area contributed by atoms with Gasteiger partial charge >= 0.3 is 5.97 Å². The van der Waals surface area contributed by atoms with Crippen molar-refractivity contribution in [1.29, 1.82) is 5.26 Å². The maximum atomic E-state index is 11.4. The molecular formula is C16H20N2O2. The third kappa shape index (κ3) is 2.68.